The Bertz CT molecular complexity index is 435. The highest BCUT2D eigenvalue weighted by molar-refractivity contribution is 7.99. The molecular weight excluding hydrogens is 240 g/mol. The predicted octanol–water partition coefficient (Wildman–Crippen LogP) is 3.71. The molecular formula is C12H13ClN2S. The molecule has 84 valence electrons. The minimum absolute atomic E-state index is 0.243. The van der Waals surface area contributed by atoms with Crippen molar-refractivity contribution in [2.75, 3.05) is 11.5 Å². The van der Waals surface area contributed by atoms with Gasteiger partial charge in [-0.15, -0.1) is 11.8 Å². The van der Waals surface area contributed by atoms with Gasteiger partial charge in [0.25, 0.3) is 0 Å². The first kappa shape index (κ1) is 11.6. The molecule has 0 bridgehead atoms. The Kier molecular flexibility index (Phi) is 3.32. The summed E-state index contributed by atoms with van der Waals surface area (Å²) in [6, 6.07) is 7.78. The summed E-state index contributed by atoms with van der Waals surface area (Å²) in [5, 5.41) is 9.48. The first-order chi connectivity index (χ1) is 7.65. The van der Waals surface area contributed by atoms with Gasteiger partial charge in [0.1, 0.15) is 0 Å². The summed E-state index contributed by atoms with van der Waals surface area (Å²) in [5.41, 5.74) is 6.69. The minimum atomic E-state index is 0.243. The van der Waals surface area contributed by atoms with Crippen LogP contribution in [0, 0.1) is 16.7 Å². The topological polar surface area (TPSA) is 49.8 Å². The molecule has 1 aliphatic rings. The summed E-state index contributed by atoms with van der Waals surface area (Å²) < 4.78 is 0. The van der Waals surface area contributed by atoms with E-state index in [-0.39, 0.29) is 5.41 Å². The Morgan fingerprint density at radius 2 is 2.25 bits per heavy atom. The number of nitriles is 1. The lowest BCUT2D eigenvalue weighted by molar-refractivity contribution is 0.604. The number of nitrogens with two attached hydrogens (primary N) is 1. The van der Waals surface area contributed by atoms with E-state index in [1.807, 2.05) is 12.1 Å². The fourth-order valence-electron chi connectivity index (χ4n) is 1.58. The zero-order valence-electron chi connectivity index (χ0n) is 8.87. The molecule has 1 aliphatic carbocycles. The third-order valence-electron chi connectivity index (χ3n) is 2.90. The second-order valence-electron chi connectivity index (χ2n) is 4.31. The lowest BCUT2D eigenvalue weighted by Gasteiger charge is -2.11. The largest absolute Gasteiger partial charge is 0.399 e. The molecule has 0 aliphatic heterocycles. The fourth-order valence-corrected chi connectivity index (χ4v) is 3.14. The van der Waals surface area contributed by atoms with Crippen molar-refractivity contribution in [3.8, 4) is 6.07 Å². The highest BCUT2D eigenvalue weighted by Crippen LogP contribution is 2.52. The second-order valence-corrected chi connectivity index (χ2v) is 5.74. The van der Waals surface area contributed by atoms with Crippen LogP contribution >= 0.6 is 23.4 Å². The molecule has 0 atom stereocenters. The average molecular weight is 253 g/mol. The Morgan fingerprint density at radius 1 is 1.50 bits per heavy atom. The van der Waals surface area contributed by atoms with Crippen LogP contribution in [0.1, 0.15) is 19.3 Å². The van der Waals surface area contributed by atoms with Gasteiger partial charge in [-0.3, -0.25) is 0 Å². The normalized spacial score (nSPS) is 16.8. The smallest absolute Gasteiger partial charge is 0.0627 e. The van der Waals surface area contributed by atoms with E-state index < -0.39 is 0 Å². The lowest BCUT2D eigenvalue weighted by Crippen LogP contribution is -2.02. The molecule has 1 saturated carbocycles. The Hall–Kier alpha value is -0.850. The summed E-state index contributed by atoms with van der Waals surface area (Å²) in [6.07, 6.45) is 2.97. The number of hydrogen-bond acceptors (Lipinski definition) is 3. The molecule has 0 amide bonds. The van der Waals surface area contributed by atoms with Gasteiger partial charge in [0, 0.05) is 22.8 Å². The van der Waals surface area contributed by atoms with Crippen LogP contribution in [-0.4, -0.2) is 5.75 Å². The van der Waals surface area contributed by atoms with Gasteiger partial charge in [0.15, 0.2) is 0 Å². The Morgan fingerprint density at radius 3 is 2.88 bits per heavy atom. The Labute approximate surface area is 105 Å². The van der Waals surface area contributed by atoms with Gasteiger partial charge in [0.2, 0.25) is 0 Å². The molecule has 0 radical (unpaired) electrons. The molecule has 1 fully saturated rings. The molecule has 0 unspecified atom stereocenters. The minimum Gasteiger partial charge on any atom is -0.399 e. The van der Waals surface area contributed by atoms with Gasteiger partial charge in [-0.1, -0.05) is 11.6 Å². The first-order valence-corrected chi connectivity index (χ1v) is 6.56. The number of nitrogens with zero attached hydrogens (tertiary/aromatic N) is 1. The van der Waals surface area contributed by atoms with E-state index in [1.165, 1.54) is 0 Å². The molecule has 4 heteroatoms. The number of nitrogen functional groups attached to an aromatic ring is 1. The van der Waals surface area contributed by atoms with Crippen LogP contribution < -0.4 is 5.73 Å². The zero-order chi connectivity index (χ0) is 11.6. The van der Waals surface area contributed by atoms with Crippen molar-refractivity contribution in [1.82, 2.24) is 0 Å². The summed E-state index contributed by atoms with van der Waals surface area (Å²) in [4.78, 5) is 1.02. The van der Waals surface area contributed by atoms with E-state index in [1.54, 1.807) is 17.8 Å². The number of anilines is 1. The maximum absolute atomic E-state index is 8.73. The highest BCUT2D eigenvalue weighted by atomic mass is 35.5. The molecule has 2 N–H and O–H groups in total. The van der Waals surface area contributed by atoms with Crippen LogP contribution in [0.2, 0.25) is 5.02 Å². The molecule has 0 aromatic heterocycles. The molecule has 0 saturated heterocycles. The van der Waals surface area contributed by atoms with E-state index in [0.29, 0.717) is 6.42 Å². The predicted molar refractivity (Wildman–Crippen MR) is 68.5 cm³/mol. The van der Waals surface area contributed by atoms with Crippen LogP contribution in [0.4, 0.5) is 5.69 Å². The summed E-state index contributed by atoms with van der Waals surface area (Å²) in [5.74, 6) is 0.962. The van der Waals surface area contributed by atoms with Crippen molar-refractivity contribution in [3.05, 3.63) is 23.2 Å². The SMILES string of the molecule is N#CCC1(CSc2cc(N)ccc2Cl)CC1. The summed E-state index contributed by atoms with van der Waals surface area (Å²) in [6.45, 7) is 0. The van der Waals surface area contributed by atoms with E-state index in [0.717, 1.165) is 34.2 Å². The number of rotatable bonds is 4. The second kappa shape index (κ2) is 4.57. The molecule has 0 spiro atoms. The van der Waals surface area contributed by atoms with Crippen LogP contribution in [0.5, 0.6) is 0 Å². The third-order valence-corrected chi connectivity index (χ3v) is 4.75. The third kappa shape index (κ3) is 2.63. The maximum Gasteiger partial charge on any atom is 0.0627 e. The quantitative estimate of drug-likeness (QED) is 0.657. The van der Waals surface area contributed by atoms with Crippen LogP contribution in [0.3, 0.4) is 0 Å². The maximum atomic E-state index is 8.73. The average Bonchev–Trinajstić information content (AvgIpc) is 3.01. The molecule has 16 heavy (non-hydrogen) atoms. The molecule has 2 nitrogen and oxygen atoms in total. The van der Waals surface area contributed by atoms with E-state index in [2.05, 4.69) is 6.07 Å². The van der Waals surface area contributed by atoms with Crippen LogP contribution in [0.25, 0.3) is 0 Å². The van der Waals surface area contributed by atoms with Crippen molar-refractivity contribution < 1.29 is 0 Å². The van der Waals surface area contributed by atoms with Gasteiger partial charge in [0.05, 0.1) is 11.1 Å². The van der Waals surface area contributed by atoms with Gasteiger partial charge in [-0.2, -0.15) is 5.26 Å². The molecule has 1 aromatic rings. The monoisotopic (exact) mass is 252 g/mol. The van der Waals surface area contributed by atoms with Gasteiger partial charge in [-0.25, -0.2) is 0 Å². The van der Waals surface area contributed by atoms with E-state index >= 15 is 0 Å². The van der Waals surface area contributed by atoms with Crippen LogP contribution in [-0.2, 0) is 0 Å². The number of benzene rings is 1. The highest BCUT2D eigenvalue weighted by Gasteiger charge is 2.42. The van der Waals surface area contributed by atoms with Gasteiger partial charge >= 0.3 is 0 Å². The number of thioether (sulfide) groups is 1. The van der Waals surface area contributed by atoms with Crippen molar-refractivity contribution in [3.63, 3.8) is 0 Å². The van der Waals surface area contributed by atoms with Crippen LogP contribution in [0.15, 0.2) is 23.1 Å². The fraction of sp³-hybridized carbons (Fsp3) is 0.417. The zero-order valence-corrected chi connectivity index (χ0v) is 10.4. The van der Waals surface area contributed by atoms with Gasteiger partial charge < -0.3 is 5.73 Å². The standard InChI is InChI=1S/C12H13ClN2S/c13-10-2-1-9(15)7-11(10)16-8-12(3-4-12)5-6-14/h1-2,7H,3-5,8,15H2. The van der Waals surface area contributed by atoms with Crippen molar-refractivity contribution >= 4 is 29.1 Å². The molecule has 1 aromatic carbocycles. The van der Waals surface area contributed by atoms with E-state index in [4.69, 9.17) is 22.6 Å². The summed E-state index contributed by atoms with van der Waals surface area (Å²) >= 11 is 7.79. The number of hydrogen-bond donors (Lipinski definition) is 1. The summed E-state index contributed by atoms with van der Waals surface area (Å²) in [7, 11) is 0. The Balaban J connectivity index is 2.00. The van der Waals surface area contributed by atoms with Crippen molar-refractivity contribution in [2.24, 2.45) is 5.41 Å². The van der Waals surface area contributed by atoms with Crippen molar-refractivity contribution in [1.29, 1.82) is 5.26 Å². The lowest BCUT2D eigenvalue weighted by atomic mass is 10.1. The molecule has 2 rings (SSSR count). The van der Waals surface area contributed by atoms with Crippen molar-refractivity contribution in [2.45, 2.75) is 24.2 Å². The first-order valence-electron chi connectivity index (χ1n) is 5.20. The molecule has 0 heterocycles. The van der Waals surface area contributed by atoms with E-state index in [9.17, 15) is 0 Å². The number of halogens is 1. The van der Waals surface area contributed by atoms with Gasteiger partial charge in [-0.05, 0) is 36.5 Å².